The Hall–Kier alpha value is -1.36. The van der Waals surface area contributed by atoms with Crippen molar-refractivity contribution in [3.05, 3.63) is 18.2 Å². The lowest BCUT2D eigenvalue weighted by Gasteiger charge is -2.19. The van der Waals surface area contributed by atoms with Crippen LogP contribution in [0.1, 0.15) is 20.8 Å². The molecule has 0 saturated heterocycles. The third kappa shape index (κ3) is 4.07. The molecule has 1 aromatic carbocycles. The number of carbonyl (C=O) groups is 1. The zero-order valence-electron chi connectivity index (χ0n) is 12.1. The van der Waals surface area contributed by atoms with Crippen LogP contribution in [-0.4, -0.2) is 30.9 Å². The van der Waals surface area contributed by atoms with Gasteiger partial charge in [-0.1, -0.05) is 13.8 Å². The van der Waals surface area contributed by atoms with Crippen molar-refractivity contribution in [2.24, 2.45) is 5.92 Å². The van der Waals surface area contributed by atoms with E-state index in [9.17, 15) is 4.79 Å². The minimum Gasteiger partial charge on any atom is -0.486 e. The summed E-state index contributed by atoms with van der Waals surface area (Å²) in [5.41, 5.74) is 0. The number of rotatable bonds is 5. The van der Waals surface area contributed by atoms with Crippen molar-refractivity contribution in [2.45, 2.75) is 30.9 Å². The molecule has 1 N–H and O–H groups in total. The van der Waals surface area contributed by atoms with E-state index in [2.05, 4.69) is 19.2 Å². The van der Waals surface area contributed by atoms with E-state index in [1.807, 2.05) is 25.1 Å². The third-order valence-corrected chi connectivity index (χ3v) is 3.97. The van der Waals surface area contributed by atoms with Gasteiger partial charge in [-0.05, 0) is 31.0 Å². The zero-order chi connectivity index (χ0) is 14.5. The summed E-state index contributed by atoms with van der Waals surface area (Å²) in [7, 11) is 0. The van der Waals surface area contributed by atoms with Gasteiger partial charge in [0.25, 0.3) is 0 Å². The molecule has 1 aliphatic heterocycles. The quantitative estimate of drug-likeness (QED) is 0.849. The van der Waals surface area contributed by atoms with Crippen molar-refractivity contribution >= 4 is 17.7 Å². The predicted molar refractivity (Wildman–Crippen MR) is 80.6 cm³/mol. The lowest BCUT2D eigenvalue weighted by Crippen LogP contribution is -2.33. The van der Waals surface area contributed by atoms with Crippen LogP contribution in [0.4, 0.5) is 0 Å². The maximum absolute atomic E-state index is 12.0. The van der Waals surface area contributed by atoms with Gasteiger partial charge < -0.3 is 14.8 Å². The molecule has 0 aromatic heterocycles. The lowest BCUT2D eigenvalue weighted by molar-refractivity contribution is -0.120. The highest BCUT2D eigenvalue weighted by atomic mass is 32.2. The Morgan fingerprint density at radius 2 is 1.95 bits per heavy atom. The Labute approximate surface area is 124 Å². The van der Waals surface area contributed by atoms with Gasteiger partial charge in [-0.25, -0.2) is 0 Å². The number of nitrogens with one attached hydrogen (secondary N) is 1. The Morgan fingerprint density at radius 1 is 1.25 bits per heavy atom. The van der Waals surface area contributed by atoms with Gasteiger partial charge in [0.05, 0.1) is 5.25 Å². The van der Waals surface area contributed by atoms with Crippen LogP contribution in [-0.2, 0) is 4.79 Å². The molecule has 110 valence electrons. The molecular formula is C15H21NO3S. The first kappa shape index (κ1) is 15.0. The summed E-state index contributed by atoms with van der Waals surface area (Å²) in [5.74, 6) is 2.07. The average Bonchev–Trinajstić information content (AvgIpc) is 2.44. The van der Waals surface area contributed by atoms with Gasteiger partial charge in [-0.3, -0.25) is 4.79 Å². The molecule has 5 heteroatoms. The van der Waals surface area contributed by atoms with E-state index in [4.69, 9.17) is 9.47 Å². The molecule has 1 aliphatic rings. The molecule has 0 spiro atoms. The molecule has 0 unspecified atom stereocenters. The first-order chi connectivity index (χ1) is 9.56. The Kier molecular flexibility index (Phi) is 5.17. The summed E-state index contributed by atoms with van der Waals surface area (Å²) in [6, 6.07) is 5.80. The average molecular weight is 295 g/mol. The zero-order valence-corrected chi connectivity index (χ0v) is 13.0. The van der Waals surface area contributed by atoms with Gasteiger partial charge in [0.1, 0.15) is 13.2 Å². The number of hydrogen-bond acceptors (Lipinski definition) is 4. The summed E-state index contributed by atoms with van der Waals surface area (Å²) < 4.78 is 11.0. The van der Waals surface area contributed by atoms with E-state index in [0.717, 1.165) is 16.4 Å². The predicted octanol–water partition coefficient (Wildman–Crippen LogP) is 2.71. The first-order valence-corrected chi connectivity index (χ1v) is 7.78. The van der Waals surface area contributed by atoms with Crippen molar-refractivity contribution in [2.75, 3.05) is 19.8 Å². The Balaban J connectivity index is 1.93. The van der Waals surface area contributed by atoms with Gasteiger partial charge in [0.15, 0.2) is 11.5 Å². The molecule has 0 bridgehead atoms. The second-order valence-electron chi connectivity index (χ2n) is 5.20. The highest BCUT2D eigenvalue weighted by Crippen LogP contribution is 2.35. The van der Waals surface area contributed by atoms with Crippen LogP contribution in [0, 0.1) is 5.92 Å². The van der Waals surface area contributed by atoms with Crippen molar-refractivity contribution in [1.29, 1.82) is 0 Å². The van der Waals surface area contributed by atoms with Crippen LogP contribution in [0.2, 0.25) is 0 Å². The van der Waals surface area contributed by atoms with Crippen LogP contribution in [0.3, 0.4) is 0 Å². The number of benzene rings is 1. The SMILES string of the molecule is CC(C)CNC(=O)[C@H](C)Sc1ccc2c(c1)OCCO2. The molecule has 0 aliphatic carbocycles. The first-order valence-electron chi connectivity index (χ1n) is 6.90. The van der Waals surface area contributed by atoms with E-state index in [-0.39, 0.29) is 11.2 Å². The standard InChI is InChI=1S/C15H21NO3S/c1-10(2)9-16-15(17)11(3)20-12-4-5-13-14(8-12)19-7-6-18-13/h4-5,8,10-11H,6-7,9H2,1-3H3,(H,16,17)/t11-/m0/s1. The number of fused-ring (bicyclic) bond motifs is 1. The number of thioether (sulfide) groups is 1. The van der Waals surface area contributed by atoms with E-state index in [1.165, 1.54) is 11.8 Å². The second kappa shape index (κ2) is 6.88. The summed E-state index contributed by atoms with van der Waals surface area (Å²) in [6.07, 6.45) is 0. The molecule has 4 nitrogen and oxygen atoms in total. The third-order valence-electron chi connectivity index (χ3n) is 2.88. The molecule has 0 radical (unpaired) electrons. The molecule has 1 amide bonds. The monoisotopic (exact) mass is 295 g/mol. The van der Waals surface area contributed by atoms with Crippen LogP contribution in [0.5, 0.6) is 11.5 Å². The number of ether oxygens (including phenoxy) is 2. The smallest absolute Gasteiger partial charge is 0.233 e. The van der Waals surface area contributed by atoms with Crippen molar-refractivity contribution in [3.8, 4) is 11.5 Å². The van der Waals surface area contributed by atoms with E-state index in [1.54, 1.807) is 0 Å². The minimum atomic E-state index is -0.128. The molecule has 20 heavy (non-hydrogen) atoms. The second-order valence-corrected chi connectivity index (χ2v) is 6.62. The highest BCUT2D eigenvalue weighted by Gasteiger charge is 2.17. The van der Waals surface area contributed by atoms with Crippen LogP contribution in [0.15, 0.2) is 23.1 Å². The highest BCUT2D eigenvalue weighted by molar-refractivity contribution is 8.00. The molecule has 1 heterocycles. The Morgan fingerprint density at radius 3 is 2.65 bits per heavy atom. The summed E-state index contributed by atoms with van der Waals surface area (Å²) in [6.45, 7) is 7.96. The molecule has 0 saturated carbocycles. The summed E-state index contributed by atoms with van der Waals surface area (Å²) in [4.78, 5) is 13.0. The van der Waals surface area contributed by atoms with E-state index in [0.29, 0.717) is 25.7 Å². The maximum Gasteiger partial charge on any atom is 0.233 e. The largest absolute Gasteiger partial charge is 0.486 e. The summed E-state index contributed by atoms with van der Waals surface area (Å²) in [5, 5.41) is 2.82. The fourth-order valence-corrected chi connectivity index (χ4v) is 2.72. The molecular weight excluding hydrogens is 274 g/mol. The molecule has 0 fully saturated rings. The van der Waals surface area contributed by atoms with Gasteiger partial charge in [0.2, 0.25) is 5.91 Å². The van der Waals surface area contributed by atoms with Crippen LogP contribution >= 0.6 is 11.8 Å². The van der Waals surface area contributed by atoms with Gasteiger partial charge in [0, 0.05) is 11.4 Å². The molecule has 1 atom stereocenters. The fourth-order valence-electron chi connectivity index (χ4n) is 1.80. The lowest BCUT2D eigenvalue weighted by atomic mass is 10.2. The maximum atomic E-state index is 12.0. The van der Waals surface area contributed by atoms with Crippen LogP contribution < -0.4 is 14.8 Å². The molecule has 1 aromatic rings. The number of amides is 1. The number of carbonyl (C=O) groups excluding carboxylic acids is 1. The minimum absolute atomic E-state index is 0.0681. The van der Waals surface area contributed by atoms with Crippen molar-refractivity contribution in [3.63, 3.8) is 0 Å². The molecule has 2 rings (SSSR count). The number of hydrogen-bond donors (Lipinski definition) is 1. The topological polar surface area (TPSA) is 47.6 Å². The van der Waals surface area contributed by atoms with Gasteiger partial charge in [-0.2, -0.15) is 0 Å². The fraction of sp³-hybridized carbons (Fsp3) is 0.533. The van der Waals surface area contributed by atoms with E-state index >= 15 is 0 Å². The van der Waals surface area contributed by atoms with E-state index < -0.39 is 0 Å². The summed E-state index contributed by atoms with van der Waals surface area (Å²) >= 11 is 1.53. The van der Waals surface area contributed by atoms with Crippen molar-refractivity contribution in [1.82, 2.24) is 5.32 Å². The van der Waals surface area contributed by atoms with Gasteiger partial charge >= 0.3 is 0 Å². The van der Waals surface area contributed by atoms with Crippen molar-refractivity contribution < 1.29 is 14.3 Å². The van der Waals surface area contributed by atoms with Crippen LogP contribution in [0.25, 0.3) is 0 Å². The normalized spacial score (nSPS) is 15.0. The Bertz CT molecular complexity index is 476. The van der Waals surface area contributed by atoms with Gasteiger partial charge in [-0.15, -0.1) is 11.8 Å².